The van der Waals surface area contributed by atoms with Crippen LogP contribution < -0.4 is 14.8 Å². The lowest BCUT2D eigenvalue weighted by atomic mass is 10.2. The van der Waals surface area contributed by atoms with Gasteiger partial charge in [0, 0.05) is 11.3 Å². The van der Waals surface area contributed by atoms with E-state index in [1.807, 2.05) is 0 Å². The topological polar surface area (TPSA) is 113 Å². The van der Waals surface area contributed by atoms with Gasteiger partial charge in [0.2, 0.25) is 11.8 Å². The number of anilines is 1. The lowest BCUT2D eigenvalue weighted by molar-refractivity contribution is -0.113. The van der Waals surface area contributed by atoms with Crippen LogP contribution in [0.3, 0.4) is 0 Å². The molecule has 0 aliphatic carbocycles. The molecule has 2 aromatic carbocycles. The molecule has 1 amide bonds. The number of amides is 1. The Morgan fingerprint density at radius 2 is 1.73 bits per heavy atom. The molecule has 1 aromatic heterocycles. The number of benzene rings is 2. The Morgan fingerprint density at radius 3 is 2.40 bits per heavy atom. The number of carbonyl (C=O) groups is 2. The van der Waals surface area contributed by atoms with Crippen molar-refractivity contribution in [3.63, 3.8) is 0 Å². The van der Waals surface area contributed by atoms with E-state index in [1.54, 1.807) is 56.7 Å². The van der Waals surface area contributed by atoms with Crippen molar-refractivity contribution in [3.05, 3.63) is 48.0 Å². The zero-order valence-electron chi connectivity index (χ0n) is 16.5. The van der Waals surface area contributed by atoms with Crippen LogP contribution in [0.5, 0.6) is 11.5 Å². The van der Waals surface area contributed by atoms with Crippen LogP contribution in [0.4, 0.5) is 5.69 Å². The van der Waals surface area contributed by atoms with Gasteiger partial charge >= 0.3 is 5.97 Å². The first kappa shape index (κ1) is 21.2. The molecule has 3 aromatic rings. The summed E-state index contributed by atoms with van der Waals surface area (Å²) in [5, 5.41) is 10.9. The number of ether oxygens (including phenoxy) is 3. The number of hydrogen-bond donors (Lipinski definition) is 1. The van der Waals surface area contributed by atoms with E-state index < -0.39 is 5.97 Å². The number of nitrogens with one attached hydrogen (secondary N) is 1. The number of thioether (sulfide) groups is 1. The van der Waals surface area contributed by atoms with Crippen LogP contribution in [0.25, 0.3) is 11.5 Å². The third-order valence-corrected chi connectivity index (χ3v) is 4.77. The molecule has 0 atom stereocenters. The van der Waals surface area contributed by atoms with Gasteiger partial charge in [-0.3, -0.25) is 4.79 Å². The Bertz CT molecular complexity index is 1040. The molecule has 0 spiro atoms. The summed E-state index contributed by atoms with van der Waals surface area (Å²) in [6, 6.07) is 11.6. The molecule has 0 unspecified atom stereocenters. The molecule has 1 heterocycles. The van der Waals surface area contributed by atoms with Crippen LogP contribution >= 0.6 is 11.8 Å². The van der Waals surface area contributed by atoms with Crippen LogP contribution in [-0.2, 0) is 9.53 Å². The minimum Gasteiger partial charge on any atom is -0.493 e. The van der Waals surface area contributed by atoms with E-state index >= 15 is 0 Å². The molecule has 0 fully saturated rings. The fraction of sp³-hybridized carbons (Fsp3) is 0.200. The second-order valence-corrected chi connectivity index (χ2v) is 6.78. The van der Waals surface area contributed by atoms with E-state index in [0.717, 1.165) is 11.8 Å². The maximum Gasteiger partial charge on any atom is 0.337 e. The fourth-order valence-corrected chi connectivity index (χ4v) is 3.05. The SMILES string of the molecule is COC(=O)c1ccc(NC(=O)CSc2nnc(-c3ccc(OC)c(OC)c3)o2)cc1. The Hall–Kier alpha value is -3.53. The van der Waals surface area contributed by atoms with Gasteiger partial charge in [0.05, 0.1) is 32.6 Å². The van der Waals surface area contributed by atoms with Gasteiger partial charge in [0.25, 0.3) is 5.22 Å². The van der Waals surface area contributed by atoms with Crippen molar-refractivity contribution in [2.45, 2.75) is 5.22 Å². The molecule has 0 saturated carbocycles. The maximum atomic E-state index is 12.1. The summed E-state index contributed by atoms with van der Waals surface area (Å²) < 4.78 is 20.7. The van der Waals surface area contributed by atoms with Crippen molar-refractivity contribution >= 4 is 29.3 Å². The quantitative estimate of drug-likeness (QED) is 0.426. The molecule has 156 valence electrons. The van der Waals surface area contributed by atoms with Crippen molar-refractivity contribution in [3.8, 4) is 23.0 Å². The predicted molar refractivity (Wildman–Crippen MR) is 110 cm³/mol. The molecule has 0 bridgehead atoms. The van der Waals surface area contributed by atoms with Crippen LogP contribution in [0, 0.1) is 0 Å². The second kappa shape index (κ2) is 9.79. The molecular formula is C20H19N3O6S. The lowest BCUT2D eigenvalue weighted by Crippen LogP contribution is -2.14. The molecular weight excluding hydrogens is 410 g/mol. The second-order valence-electron chi connectivity index (χ2n) is 5.85. The standard InChI is InChI=1S/C20H19N3O6S/c1-26-15-9-6-13(10-16(15)27-2)18-22-23-20(29-18)30-11-17(24)21-14-7-4-12(5-8-14)19(25)28-3/h4-10H,11H2,1-3H3,(H,21,24). The number of hydrogen-bond acceptors (Lipinski definition) is 9. The molecule has 0 saturated heterocycles. The van der Waals surface area contributed by atoms with Gasteiger partial charge in [-0.05, 0) is 42.5 Å². The first-order valence-electron chi connectivity index (χ1n) is 8.71. The van der Waals surface area contributed by atoms with Gasteiger partial charge in [-0.15, -0.1) is 10.2 Å². The summed E-state index contributed by atoms with van der Waals surface area (Å²) in [5.74, 6) is 0.817. The average Bonchev–Trinajstić information content (AvgIpc) is 3.26. The molecule has 3 rings (SSSR count). The minimum absolute atomic E-state index is 0.0757. The molecule has 9 nitrogen and oxygen atoms in total. The Kier molecular flexibility index (Phi) is 6.91. The maximum absolute atomic E-state index is 12.1. The van der Waals surface area contributed by atoms with Crippen molar-refractivity contribution in [1.82, 2.24) is 10.2 Å². The van der Waals surface area contributed by atoms with Crippen LogP contribution in [0.1, 0.15) is 10.4 Å². The largest absolute Gasteiger partial charge is 0.493 e. The molecule has 10 heteroatoms. The fourth-order valence-electron chi connectivity index (χ4n) is 2.49. The number of carbonyl (C=O) groups excluding carboxylic acids is 2. The van der Waals surface area contributed by atoms with Crippen molar-refractivity contribution < 1.29 is 28.2 Å². The van der Waals surface area contributed by atoms with E-state index in [-0.39, 0.29) is 16.9 Å². The summed E-state index contributed by atoms with van der Waals surface area (Å²) in [6.07, 6.45) is 0. The molecule has 0 aliphatic heterocycles. The number of esters is 1. The number of aromatic nitrogens is 2. The Labute approximate surface area is 176 Å². The summed E-state index contributed by atoms with van der Waals surface area (Å²) in [5.41, 5.74) is 1.63. The Balaban J connectivity index is 1.57. The Morgan fingerprint density at radius 1 is 1.00 bits per heavy atom. The van der Waals surface area contributed by atoms with E-state index in [9.17, 15) is 9.59 Å². The van der Waals surface area contributed by atoms with E-state index in [2.05, 4.69) is 20.3 Å². The van der Waals surface area contributed by atoms with Gasteiger partial charge in [0.1, 0.15) is 0 Å². The summed E-state index contributed by atoms with van der Waals surface area (Å²) in [4.78, 5) is 23.6. The third kappa shape index (κ3) is 5.09. The third-order valence-electron chi connectivity index (χ3n) is 3.95. The number of rotatable bonds is 8. The molecule has 0 radical (unpaired) electrons. The number of methoxy groups -OCH3 is 3. The van der Waals surface area contributed by atoms with Gasteiger partial charge < -0.3 is 23.9 Å². The van der Waals surface area contributed by atoms with Crippen LogP contribution in [0.15, 0.2) is 52.1 Å². The van der Waals surface area contributed by atoms with Crippen molar-refractivity contribution in [2.24, 2.45) is 0 Å². The molecule has 0 aliphatic rings. The summed E-state index contributed by atoms with van der Waals surface area (Å²) in [6.45, 7) is 0. The highest BCUT2D eigenvalue weighted by atomic mass is 32.2. The summed E-state index contributed by atoms with van der Waals surface area (Å²) >= 11 is 1.11. The molecule has 1 N–H and O–H groups in total. The zero-order valence-corrected chi connectivity index (χ0v) is 17.3. The average molecular weight is 429 g/mol. The highest BCUT2D eigenvalue weighted by Gasteiger charge is 2.14. The van der Waals surface area contributed by atoms with E-state index in [4.69, 9.17) is 13.9 Å². The molecule has 30 heavy (non-hydrogen) atoms. The van der Waals surface area contributed by atoms with E-state index in [0.29, 0.717) is 34.2 Å². The normalized spacial score (nSPS) is 10.4. The van der Waals surface area contributed by atoms with Gasteiger partial charge in [-0.25, -0.2) is 4.79 Å². The monoisotopic (exact) mass is 429 g/mol. The highest BCUT2D eigenvalue weighted by molar-refractivity contribution is 7.99. The highest BCUT2D eigenvalue weighted by Crippen LogP contribution is 2.32. The van der Waals surface area contributed by atoms with Gasteiger partial charge in [-0.1, -0.05) is 11.8 Å². The van der Waals surface area contributed by atoms with Gasteiger partial charge in [-0.2, -0.15) is 0 Å². The number of nitrogens with zero attached hydrogens (tertiary/aromatic N) is 2. The van der Waals surface area contributed by atoms with Crippen molar-refractivity contribution in [2.75, 3.05) is 32.4 Å². The van der Waals surface area contributed by atoms with E-state index in [1.165, 1.54) is 7.11 Å². The minimum atomic E-state index is -0.440. The van der Waals surface area contributed by atoms with Gasteiger partial charge in [0.15, 0.2) is 11.5 Å². The first-order valence-corrected chi connectivity index (χ1v) is 9.69. The van der Waals surface area contributed by atoms with Crippen LogP contribution in [0.2, 0.25) is 0 Å². The summed E-state index contributed by atoms with van der Waals surface area (Å²) in [7, 11) is 4.40. The van der Waals surface area contributed by atoms with Crippen LogP contribution in [-0.4, -0.2) is 49.2 Å². The smallest absolute Gasteiger partial charge is 0.337 e. The zero-order chi connectivity index (χ0) is 21.5. The lowest BCUT2D eigenvalue weighted by Gasteiger charge is -2.07. The van der Waals surface area contributed by atoms with Crippen molar-refractivity contribution in [1.29, 1.82) is 0 Å². The first-order chi connectivity index (χ1) is 14.5. The predicted octanol–water partition coefficient (Wildman–Crippen LogP) is 3.27.